The summed E-state index contributed by atoms with van der Waals surface area (Å²) in [7, 11) is -3.40. The molecule has 5 nitrogen and oxygen atoms in total. The second-order valence-corrected chi connectivity index (χ2v) is 4.88. The minimum absolute atomic E-state index is 0.0345. The molecule has 0 saturated heterocycles. The molecule has 0 aromatic rings. The van der Waals surface area contributed by atoms with Crippen LogP contribution in [0.15, 0.2) is 12.2 Å². The first-order valence-electron chi connectivity index (χ1n) is 4.79. The SMILES string of the molecule is CCO[C@@H]1C=CC[C@@H](COS(C)(=O)=O)O1. The number of ether oxygens (including phenoxy) is 2. The molecule has 0 radical (unpaired) electrons. The Morgan fingerprint density at radius 1 is 1.53 bits per heavy atom. The van der Waals surface area contributed by atoms with Gasteiger partial charge in [-0.05, 0) is 19.4 Å². The van der Waals surface area contributed by atoms with Crippen molar-refractivity contribution in [3.63, 3.8) is 0 Å². The molecule has 0 amide bonds. The van der Waals surface area contributed by atoms with E-state index in [1.807, 2.05) is 13.0 Å². The van der Waals surface area contributed by atoms with Gasteiger partial charge < -0.3 is 9.47 Å². The van der Waals surface area contributed by atoms with Gasteiger partial charge >= 0.3 is 0 Å². The van der Waals surface area contributed by atoms with Crippen LogP contribution >= 0.6 is 0 Å². The molecule has 0 spiro atoms. The molecule has 1 heterocycles. The molecule has 2 atom stereocenters. The van der Waals surface area contributed by atoms with Crippen LogP contribution in [0.5, 0.6) is 0 Å². The van der Waals surface area contributed by atoms with Crippen molar-refractivity contribution < 1.29 is 22.1 Å². The average Bonchev–Trinajstić information content (AvgIpc) is 2.15. The Labute approximate surface area is 90.1 Å². The lowest BCUT2D eigenvalue weighted by atomic mass is 10.2. The lowest BCUT2D eigenvalue weighted by molar-refractivity contribution is -0.151. The van der Waals surface area contributed by atoms with Crippen molar-refractivity contribution >= 4 is 10.1 Å². The van der Waals surface area contributed by atoms with Crippen LogP contribution in [0.2, 0.25) is 0 Å². The third kappa shape index (κ3) is 5.27. The molecule has 0 aliphatic carbocycles. The van der Waals surface area contributed by atoms with E-state index in [1.165, 1.54) is 0 Å². The van der Waals surface area contributed by atoms with E-state index in [4.69, 9.17) is 9.47 Å². The van der Waals surface area contributed by atoms with Gasteiger partial charge in [-0.3, -0.25) is 4.18 Å². The molecule has 0 aromatic heterocycles. The quantitative estimate of drug-likeness (QED) is 0.518. The van der Waals surface area contributed by atoms with Crippen LogP contribution in [0.25, 0.3) is 0 Å². The van der Waals surface area contributed by atoms with Gasteiger partial charge in [-0.1, -0.05) is 6.08 Å². The molecule has 0 N–H and O–H groups in total. The van der Waals surface area contributed by atoms with Gasteiger partial charge in [-0.25, -0.2) is 0 Å². The molecule has 0 unspecified atom stereocenters. The average molecular weight is 236 g/mol. The summed E-state index contributed by atoms with van der Waals surface area (Å²) < 4.78 is 36.8. The van der Waals surface area contributed by atoms with Gasteiger partial charge in [0.1, 0.15) is 0 Å². The molecule has 0 bridgehead atoms. The Kier molecular flexibility index (Phi) is 4.72. The van der Waals surface area contributed by atoms with Gasteiger partial charge in [0, 0.05) is 6.61 Å². The first-order valence-corrected chi connectivity index (χ1v) is 6.61. The monoisotopic (exact) mass is 236 g/mol. The Bertz CT molecular complexity index is 308. The van der Waals surface area contributed by atoms with Crippen LogP contribution < -0.4 is 0 Å². The maximum absolute atomic E-state index is 10.8. The minimum Gasteiger partial charge on any atom is -0.349 e. The molecule has 6 heteroatoms. The number of rotatable bonds is 5. The van der Waals surface area contributed by atoms with E-state index in [2.05, 4.69) is 4.18 Å². The lowest BCUT2D eigenvalue weighted by Gasteiger charge is -2.24. The molecule has 0 fully saturated rings. The fourth-order valence-electron chi connectivity index (χ4n) is 1.20. The van der Waals surface area contributed by atoms with E-state index in [-0.39, 0.29) is 12.7 Å². The molecular formula is C9H16O5S. The Hall–Kier alpha value is -0.430. The number of hydrogen-bond donors (Lipinski definition) is 0. The summed E-state index contributed by atoms with van der Waals surface area (Å²) in [4.78, 5) is 0. The fourth-order valence-corrected chi connectivity index (χ4v) is 1.60. The summed E-state index contributed by atoms with van der Waals surface area (Å²) in [6, 6.07) is 0. The fraction of sp³-hybridized carbons (Fsp3) is 0.778. The first-order chi connectivity index (χ1) is 7.01. The van der Waals surface area contributed by atoms with Crippen molar-refractivity contribution in [2.24, 2.45) is 0 Å². The van der Waals surface area contributed by atoms with E-state index in [0.29, 0.717) is 13.0 Å². The highest BCUT2D eigenvalue weighted by molar-refractivity contribution is 7.85. The van der Waals surface area contributed by atoms with Gasteiger partial charge in [-0.2, -0.15) is 8.42 Å². The molecule has 15 heavy (non-hydrogen) atoms. The third-order valence-corrected chi connectivity index (χ3v) is 2.38. The Morgan fingerprint density at radius 2 is 2.27 bits per heavy atom. The van der Waals surface area contributed by atoms with Crippen LogP contribution in [-0.4, -0.2) is 40.3 Å². The van der Waals surface area contributed by atoms with E-state index in [0.717, 1.165) is 6.26 Å². The highest BCUT2D eigenvalue weighted by Gasteiger charge is 2.19. The third-order valence-electron chi connectivity index (χ3n) is 1.82. The van der Waals surface area contributed by atoms with E-state index >= 15 is 0 Å². The topological polar surface area (TPSA) is 61.8 Å². The zero-order chi connectivity index (χ0) is 11.3. The molecular weight excluding hydrogens is 220 g/mol. The zero-order valence-electron chi connectivity index (χ0n) is 8.88. The van der Waals surface area contributed by atoms with Crippen molar-refractivity contribution in [3.8, 4) is 0 Å². The van der Waals surface area contributed by atoms with Gasteiger partial charge in [-0.15, -0.1) is 0 Å². The Balaban J connectivity index is 2.36. The van der Waals surface area contributed by atoms with E-state index < -0.39 is 16.4 Å². The summed E-state index contributed by atoms with van der Waals surface area (Å²) >= 11 is 0. The van der Waals surface area contributed by atoms with Gasteiger partial charge in [0.05, 0.1) is 19.0 Å². The predicted octanol–water partition coefficient (Wildman–Crippen LogP) is 0.670. The highest BCUT2D eigenvalue weighted by atomic mass is 32.2. The molecule has 0 aromatic carbocycles. The number of hydrogen-bond acceptors (Lipinski definition) is 5. The maximum Gasteiger partial charge on any atom is 0.264 e. The predicted molar refractivity (Wildman–Crippen MR) is 54.8 cm³/mol. The van der Waals surface area contributed by atoms with Gasteiger partial charge in [0.25, 0.3) is 10.1 Å². The molecule has 1 aliphatic rings. The Morgan fingerprint density at radius 3 is 2.87 bits per heavy atom. The highest BCUT2D eigenvalue weighted by Crippen LogP contribution is 2.14. The summed E-state index contributed by atoms with van der Waals surface area (Å²) in [5, 5.41) is 0. The second-order valence-electron chi connectivity index (χ2n) is 3.23. The van der Waals surface area contributed by atoms with Crippen LogP contribution in [0, 0.1) is 0 Å². The van der Waals surface area contributed by atoms with Crippen molar-refractivity contribution in [3.05, 3.63) is 12.2 Å². The van der Waals surface area contributed by atoms with E-state index in [9.17, 15) is 8.42 Å². The first kappa shape index (κ1) is 12.6. The van der Waals surface area contributed by atoms with Crippen molar-refractivity contribution in [1.82, 2.24) is 0 Å². The van der Waals surface area contributed by atoms with Crippen LogP contribution in [-0.2, 0) is 23.8 Å². The summed E-state index contributed by atoms with van der Waals surface area (Å²) in [6.45, 7) is 2.45. The summed E-state index contributed by atoms with van der Waals surface area (Å²) in [5.74, 6) is 0. The maximum atomic E-state index is 10.8. The van der Waals surface area contributed by atoms with Crippen LogP contribution in [0.4, 0.5) is 0 Å². The largest absolute Gasteiger partial charge is 0.349 e. The normalized spacial score (nSPS) is 26.8. The zero-order valence-corrected chi connectivity index (χ0v) is 9.70. The second kappa shape index (κ2) is 5.60. The van der Waals surface area contributed by atoms with Crippen molar-refractivity contribution in [1.29, 1.82) is 0 Å². The van der Waals surface area contributed by atoms with E-state index in [1.54, 1.807) is 6.08 Å². The van der Waals surface area contributed by atoms with Crippen molar-refractivity contribution in [2.45, 2.75) is 25.7 Å². The standard InChI is InChI=1S/C9H16O5S/c1-3-12-9-6-4-5-8(14-9)7-13-15(2,10)11/h4,6,8-9H,3,5,7H2,1-2H3/t8-,9-/m0/s1. The minimum atomic E-state index is -3.40. The summed E-state index contributed by atoms with van der Waals surface area (Å²) in [5.41, 5.74) is 0. The van der Waals surface area contributed by atoms with Crippen molar-refractivity contribution in [2.75, 3.05) is 19.5 Å². The van der Waals surface area contributed by atoms with Gasteiger partial charge in [0.15, 0.2) is 6.29 Å². The smallest absolute Gasteiger partial charge is 0.264 e. The van der Waals surface area contributed by atoms with Crippen LogP contribution in [0.1, 0.15) is 13.3 Å². The molecule has 1 rings (SSSR count). The molecule has 0 saturated carbocycles. The molecule has 88 valence electrons. The van der Waals surface area contributed by atoms with Gasteiger partial charge in [0.2, 0.25) is 0 Å². The van der Waals surface area contributed by atoms with Crippen LogP contribution in [0.3, 0.4) is 0 Å². The lowest BCUT2D eigenvalue weighted by Crippen LogP contribution is -2.30. The molecule has 1 aliphatic heterocycles. The summed E-state index contributed by atoms with van der Waals surface area (Å²) in [6.07, 6.45) is 4.71.